The number of ether oxygens (including phenoxy) is 1. The van der Waals surface area contributed by atoms with Crippen LogP contribution < -0.4 is 0 Å². The Kier molecular flexibility index (Phi) is 3.12. The second-order valence-corrected chi connectivity index (χ2v) is 3.20. The van der Waals surface area contributed by atoms with Crippen LogP contribution >= 0.6 is 0 Å². The Morgan fingerprint density at radius 3 is 2.62 bits per heavy atom. The van der Waals surface area contributed by atoms with E-state index < -0.39 is 6.29 Å². The van der Waals surface area contributed by atoms with E-state index in [0.717, 1.165) is 12.1 Å². The smallest absolute Gasteiger partial charge is 0.196 e. The molecule has 1 aromatic heterocycles. The van der Waals surface area contributed by atoms with Crippen molar-refractivity contribution in [2.45, 2.75) is 26.6 Å². The summed E-state index contributed by atoms with van der Waals surface area (Å²) in [6.45, 7) is 4.15. The lowest BCUT2D eigenvalue weighted by atomic mass is 10.2. The number of nitrogens with zero attached hydrogens (tertiary/aromatic N) is 1. The van der Waals surface area contributed by atoms with Crippen LogP contribution in [0, 0.1) is 6.92 Å². The highest BCUT2D eigenvalue weighted by Crippen LogP contribution is 2.20. The van der Waals surface area contributed by atoms with Crippen molar-refractivity contribution in [1.82, 2.24) is 4.57 Å². The Morgan fingerprint density at radius 2 is 2.23 bits per heavy atom. The van der Waals surface area contributed by atoms with Gasteiger partial charge in [0.15, 0.2) is 6.29 Å². The van der Waals surface area contributed by atoms with Crippen molar-refractivity contribution in [1.29, 1.82) is 0 Å². The maximum Gasteiger partial charge on any atom is 0.196 e. The van der Waals surface area contributed by atoms with Gasteiger partial charge in [0.2, 0.25) is 0 Å². The van der Waals surface area contributed by atoms with Gasteiger partial charge in [-0.25, -0.2) is 0 Å². The average Bonchev–Trinajstić information content (AvgIpc) is 2.40. The highest BCUT2D eigenvalue weighted by molar-refractivity contribution is 5.27. The molecule has 3 nitrogen and oxygen atoms in total. The number of aryl methyl sites for hydroxylation is 1. The summed E-state index contributed by atoms with van der Waals surface area (Å²) in [5.74, 6) is 0. The highest BCUT2D eigenvalue weighted by atomic mass is 16.6. The summed E-state index contributed by atoms with van der Waals surface area (Å²) in [7, 11) is 3.45. The van der Waals surface area contributed by atoms with E-state index in [0.29, 0.717) is 0 Å². The Labute approximate surface area is 78.9 Å². The first-order valence-electron chi connectivity index (χ1n) is 4.47. The summed E-state index contributed by atoms with van der Waals surface area (Å²) in [5.41, 5.74) is 3.26. The molecule has 13 heavy (non-hydrogen) atoms. The molecule has 74 valence electrons. The zero-order chi connectivity index (χ0) is 10.0. The van der Waals surface area contributed by atoms with Crippen LogP contribution in [0.5, 0.6) is 0 Å². The number of aliphatic hydroxyl groups is 1. The molecule has 0 aliphatic heterocycles. The molecule has 0 radical (unpaired) electrons. The van der Waals surface area contributed by atoms with Crippen LogP contribution in [-0.2, 0) is 18.2 Å². The predicted octanol–water partition coefficient (Wildman–Crippen LogP) is 1.53. The van der Waals surface area contributed by atoms with E-state index in [-0.39, 0.29) is 0 Å². The van der Waals surface area contributed by atoms with Crippen LogP contribution in [0.2, 0.25) is 0 Å². The summed E-state index contributed by atoms with van der Waals surface area (Å²) >= 11 is 0. The lowest BCUT2D eigenvalue weighted by molar-refractivity contribution is -0.0816. The minimum absolute atomic E-state index is 0.816. The number of aliphatic hydroxyl groups excluding tert-OH is 1. The van der Waals surface area contributed by atoms with E-state index in [9.17, 15) is 5.11 Å². The summed E-state index contributed by atoms with van der Waals surface area (Å²) in [5, 5.41) is 9.50. The van der Waals surface area contributed by atoms with Crippen LogP contribution in [0.1, 0.15) is 30.2 Å². The number of hydrogen-bond acceptors (Lipinski definition) is 2. The predicted molar refractivity (Wildman–Crippen MR) is 51.5 cm³/mol. The quantitative estimate of drug-likeness (QED) is 0.721. The van der Waals surface area contributed by atoms with Gasteiger partial charge in [0.25, 0.3) is 0 Å². The van der Waals surface area contributed by atoms with Gasteiger partial charge in [-0.1, -0.05) is 6.92 Å². The van der Waals surface area contributed by atoms with Crippen molar-refractivity contribution in [2.24, 2.45) is 7.05 Å². The largest absolute Gasteiger partial charge is 0.363 e. The molecule has 0 aromatic carbocycles. The zero-order valence-electron chi connectivity index (χ0n) is 8.66. The van der Waals surface area contributed by atoms with Gasteiger partial charge in [-0.15, -0.1) is 0 Å². The summed E-state index contributed by atoms with van der Waals surface area (Å²) in [4.78, 5) is 0. The van der Waals surface area contributed by atoms with E-state index in [2.05, 4.69) is 6.92 Å². The first-order valence-corrected chi connectivity index (χ1v) is 4.47. The molecule has 1 atom stereocenters. The molecule has 0 saturated heterocycles. The first kappa shape index (κ1) is 10.3. The molecule has 1 unspecified atom stereocenters. The van der Waals surface area contributed by atoms with E-state index >= 15 is 0 Å². The maximum atomic E-state index is 9.50. The molecule has 0 amide bonds. The van der Waals surface area contributed by atoms with Crippen molar-refractivity contribution in [3.63, 3.8) is 0 Å². The molecule has 1 heterocycles. The van der Waals surface area contributed by atoms with E-state index in [1.165, 1.54) is 18.4 Å². The maximum absolute atomic E-state index is 9.50. The van der Waals surface area contributed by atoms with Gasteiger partial charge in [0, 0.05) is 19.9 Å². The van der Waals surface area contributed by atoms with Crippen LogP contribution in [0.3, 0.4) is 0 Å². The topological polar surface area (TPSA) is 34.4 Å². The van der Waals surface area contributed by atoms with Gasteiger partial charge >= 0.3 is 0 Å². The van der Waals surface area contributed by atoms with Crippen LogP contribution in [0.15, 0.2) is 6.07 Å². The number of rotatable bonds is 3. The van der Waals surface area contributed by atoms with Gasteiger partial charge in [-0.3, -0.25) is 0 Å². The molecule has 0 fully saturated rings. The van der Waals surface area contributed by atoms with E-state index in [4.69, 9.17) is 4.74 Å². The fourth-order valence-electron chi connectivity index (χ4n) is 1.70. The molecular weight excluding hydrogens is 166 g/mol. The second-order valence-electron chi connectivity index (χ2n) is 3.20. The lowest BCUT2D eigenvalue weighted by Crippen LogP contribution is -2.07. The third-order valence-electron chi connectivity index (χ3n) is 2.42. The minimum Gasteiger partial charge on any atom is -0.363 e. The summed E-state index contributed by atoms with van der Waals surface area (Å²) in [6, 6.07) is 1.97. The van der Waals surface area contributed by atoms with Crippen molar-refractivity contribution >= 4 is 0 Å². The molecule has 1 rings (SSSR count). The van der Waals surface area contributed by atoms with E-state index in [1.807, 2.05) is 24.6 Å². The van der Waals surface area contributed by atoms with E-state index in [1.54, 1.807) is 0 Å². The monoisotopic (exact) mass is 183 g/mol. The van der Waals surface area contributed by atoms with Gasteiger partial charge in [0.1, 0.15) is 0 Å². The molecule has 0 aliphatic carbocycles. The Bertz CT molecular complexity index is 291. The average molecular weight is 183 g/mol. The lowest BCUT2D eigenvalue weighted by Gasteiger charge is -2.11. The SMILES string of the molecule is CCc1c(C)cc(C(O)OC)n1C. The number of hydrogen-bond donors (Lipinski definition) is 1. The van der Waals surface area contributed by atoms with Gasteiger partial charge < -0.3 is 14.4 Å². The van der Waals surface area contributed by atoms with Crippen LogP contribution in [-0.4, -0.2) is 16.8 Å². The van der Waals surface area contributed by atoms with Crippen molar-refractivity contribution in [3.8, 4) is 0 Å². The minimum atomic E-state index is -0.816. The first-order chi connectivity index (χ1) is 6.11. The fourth-order valence-corrected chi connectivity index (χ4v) is 1.70. The molecule has 1 aromatic rings. The van der Waals surface area contributed by atoms with Crippen molar-refractivity contribution in [2.75, 3.05) is 7.11 Å². The third-order valence-corrected chi connectivity index (χ3v) is 2.42. The molecule has 0 aliphatic rings. The molecule has 1 N–H and O–H groups in total. The van der Waals surface area contributed by atoms with Crippen LogP contribution in [0.4, 0.5) is 0 Å². The molecule has 0 spiro atoms. The third kappa shape index (κ3) is 1.76. The zero-order valence-corrected chi connectivity index (χ0v) is 8.66. The molecule has 0 bridgehead atoms. The highest BCUT2D eigenvalue weighted by Gasteiger charge is 2.14. The van der Waals surface area contributed by atoms with Gasteiger partial charge in [0.05, 0.1) is 5.69 Å². The van der Waals surface area contributed by atoms with Crippen LogP contribution in [0.25, 0.3) is 0 Å². The summed E-state index contributed by atoms with van der Waals surface area (Å²) < 4.78 is 6.85. The Balaban J connectivity index is 3.10. The molecular formula is C10H17NO2. The Morgan fingerprint density at radius 1 is 1.62 bits per heavy atom. The number of aromatic nitrogens is 1. The summed E-state index contributed by atoms with van der Waals surface area (Å²) in [6.07, 6.45) is 0.155. The van der Waals surface area contributed by atoms with Crippen molar-refractivity contribution in [3.05, 3.63) is 23.0 Å². The van der Waals surface area contributed by atoms with Gasteiger partial charge in [-0.2, -0.15) is 0 Å². The van der Waals surface area contributed by atoms with Gasteiger partial charge in [-0.05, 0) is 25.0 Å². The Hall–Kier alpha value is -0.800. The normalized spacial score (nSPS) is 13.3. The molecule has 3 heteroatoms. The standard InChI is InChI=1S/C10H17NO2/c1-5-8-7(2)6-9(11(8)3)10(12)13-4/h6,10,12H,5H2,1-4H3. The second kappa shape index (κ2) is 3.94. The number of methoxy groups -OCH3 is 1. The molecule has 0 saturated carbocycles. The fraction of sp³-hybridized carbons (Fsp3) is 0.600. The van der Waals surface area contributed by atoms with Crippen molar-refractivity contribution < 1.29 is 9.84 Å².